The summed E-state index contributed by atoms with van der Waals surface area (Å²) in [5.41, 5.74) is 0.915. The van der Waals surface area contributed by atoms with Crippen LogP contribution in [0, 0.1) is 22.0 Å². The van der Waals surface area contributed by atoms with Crippen LogP contribution in [0.4, 0.5) is 5.69 Å². The van der Waals surface area contributed by atoms with E-state index in [1.807, 2.05) is 0 Å². The van der Waals surface area contributed by atoms with Gasteiger partial charge in [-0.2, -0.15) is 0 Å². The van der Waals surface area contributed by atoms with E-state index in [1.54, 1.807) is 12.1 Å². The van der Waals surface area contributed by atoms with E-state index < -0.39 is 4.92 Å². The maximum absolute atomic E-state index is 10.5. The maximum Gasteiger partial charge on any atom is 0.269 e. The van der Waals surface area contributed by atoms with Crippen molar-refractivity contribution in [1.29, 1.82) is 0 Å². The Balaban J connectivity index is 2.36. The lowest BCUT2D eigenvalue weighted by Gasteiger charge is -2.12. The highest BCUT2D eigenvalue weighted by molar-refractivity contribution is 5.41. The Labute approximate surface area is 120 Å². The van der Waals surface area contributed by atoms with Gasteiger partial charge in [0.05, 0.1) is 11.5 Å². The van der Waals surface area contributed by atoms with E-state index in [0.29, 0.717) is 0 Å². The minimum absolute atomic E-state index is 0.101. The van der Waals surface area contributed by atoms with E-state index in [1.165, 1.54) is 37.8 Å². The van der Waals surface area contributed by atoms with Crippen LogP contribution in [0.1, 0.15) is 38.2 Å². The summed E-state index contributed by atoms with van der Waals surface area (Å²) in [4.78, 5) is 12.3. The fraction of sp³-hybridized carbons (Fsp3) is 0.500. The highest BCUT2D eigenvalue weighted by atomic mass is 16.6. The fourth-order valence-electron chi connectivity index (χ4n) is 1.83. The normalized spacial score (nSPS) is 10.2. The van der Waals surface area contributed by atoms with Crippen LogP contribution in [0.15, 0.2) is 24.3 Å². The number of rotatable bonds is 7. The highest BCUT2D eigenvalue weighted by Gasteiger charge is 2.02. The van der Waals surface area contributed by atoms with Crippen molar-refractivity contribution in [2.45, 2.75) is 32.6 Å². The molecule has 0 aromatic heterocycles. The highest BCUT2D eigenvalue weighted by Crippen LogP contribution is 2.10. The van der Waals surface area contributed by atoms with Gasteiger partial charge in [0, 0.05) is 17.7 Å². The van der Waals surface area contributed by atoms with Crippen molar-refractivity contribution in [2.24, 2.45) is 0 Å². The molecular formula is C16H22N2O2. The van der Waals surface area contributed by atoms with Crippen molar-refractivity contribution in [3.05, 3.63) is 39.9 Å². The molecule has 108 valence electrons. The first-order valence-electron chi connectivity index (χ1n) is 7.05. The van der Waals surface area contributed by atoms with Crippen molar-refractivity contribution in [3.8, 4) is 11.8 Å². The molecule has 0 heterocycles. The summed E-state index contributed by atoms with van der Waals surface area (Å²) < 4.78 is 0. The molecule has 0 N–H and O–H groups in total. The van der Waals surface area contributed by atoms with Crippen molar-refractivity contribution in [2.75, 3.05) is 20.1 Å². The summed E-state index contributed by atoms with van der Waals surface area (Å²) in [6, 6.07) is 6.34. The van der Waals surface area contributed by atoms with Crippen LogP contribution in [-0.2, 0) is 0 Å². The Hall–Kier alpha value is -1.86. The molecule has 0 radical (unpaired) electrons. The topological polar surface area (TPSA) is 46.4 Å². The first-order valence-corrected chi connectivity index (χ1v) is 7.05. The number of nitro benzene ring substituents is 1. The average Bonchev–Trinajstić information content (AvgIpc) is 2.44. The van der Waals surface area contributed by atoms with Gasteiger partial charge >= 0.3 is 0 Å². The van der Waals surface area contributed by atoms with E-state index >= 15 is 0 Å². The number of unbranched alkanes of at least 4 members (excludes halogenated alkanes) is 3. The second kappa shape index (κ2) is 9.11. The molecule has 0 saturated carbocycles. The Bertz CT molecular complexity index is 471. The molecule has 1 aromatic carbocycles. The van der Waals surface area contributed by atoms with Gasteiger partial charge in [-0.3, -0.25) is 15.0 Å². The van der Waals surface area contributed by atoms with E-state index in [9.17, 15) is 10.1 Å². The Morgan fingerprint density at radius 3 is 2.50 bits per heavy atom. The van der Waals surface area contributed by atoms with Crippen molar-refractivity contribution in [3.63, 3.8) is 0 Å². The molecule has 0 unspecified atom stereocenters. The minimum Gasteiger partial charge on any atom is -0.295 e. The van der Waals surface area contributed by atoms with Gasteiger partial charge in [0.1, 0.15) is 0 Å². The Kier molecular flexibility index (Phi) is 7.38. The lowest BCUT2D eigenvalue weighted by atomic mass is 10.2. The molecule has 0 fully saturated rings. The van der Waals surface area contributed by atoms with Gasteiger partial charge in [0.2, 0.25) is 0 Å². The second-order valence-electron chi connectivity index (χ2n) is 4.90. The quantitative estimate of drug-likeness (QED) is 0.331. The van der Waals surface area contributed by atoms with Crippen molar-refractivity contribution >= 4 is 5.69 Å². The molecule has 0 spiro atoms. The van der Waals surface area contributed by atoms with Crippen LogP contribution in [0.5, 0.6) is 0 Å². The molecule has 4 nitrogen and oxygen atoms in total. The van der Waals surface area contributed by atoms with E-state index in [2.05, 4.69) is 30.7 Å². The smallest absolute Gasteiger partial charge is 0.269 e. The first kappa shape index (κ1) is 16.2. The SMILES string of the molecule is CCCCCCN(C)CC#Cc1ccc([N+](=O)[O-])cc1. The van der Waals surface area contributed by atoms with Crippen LogP contribution >= 0.6 is 0 Å². The zero-order chi connectivity index (χ0) is 14.8. The largest absolute Gasteiger partial charge is 0.295 e. The summed E-state index contributed by atoms with van der Waals surface area (Å²) in [5.74, 6) is 6.13. The summed E-state index contributed by atoms with van der Waals surface area (Å²) in [7, 11) is 2.07. The molecule has 1 rings (SSSR count). The molecule has 0 aliphatic rings. The number of non-ortho nitro benzene ring substituents is 1. The van der Waals surface area contributed by atoms with Gasteiger partial charge in [-0.05, 0) is 32.1 Å². The number of nitro groups is 1. The van der Waals surface area contributed by atoms with Crippen molar-refractivity contribution < 1.29 is 4.92 Å². The van der Waals surface area contributed by atoms with Gasteiger partial charge in [-0.25, -0.2) is 0 Å². The lowest BCUT2D eigenvalue weighted by molar-refractivity contribution is -0.384. The summed E-state index contributed by atoms with van der Waals surface area (Å²) in [6.07, 6.45) is 5.03. The van der Waals surface area contributed by atoms with E-state index in [-0.39, 0.29) is 5.69 Å². The molecule has 0 atom stereocenters. The van der Waals surface area contributed by atoms with Gasteiger partial charge in [0.25, 0.3) is 5.69 Å². The second-order valence-corrected chi connectivity index (χ2v) is 4.90. The number of hydrogen-bond donors (Lipinski definition) is 0. The molecule has 0 bridgehead atoms. The molecule has 0 amide bonds. The van der Waals surface area contributed by atoms with Crippen LogP contribution < -0.4 is 0 Å². The van der Waals surface area contributed by atoms with E-state index in [4.69, 9.17) is 0 Å². The summed E-state index contributed by atoms with van der Waals surface area (Å²) in [6.45, 7) is 4.00. The minimum atomic E-state index is -0.401. The average molecular weight is 274 g/mol. The maximum atomic E-state index is 10.5. The molecule has 20 heavy (non-hydrogen) atoms. The number of hydrogen-bond acceptors (Lipinski definition) is 3. The Morgan fingerprint density at radius 2 is 1.90 bits per heavy atom. The summed E-state index contributed by atoms with van der Waals surface area (Å²) >= 11 is 0. The third kappa shape index (κ3) is 6.35. The molecular weight excluding hydrogens is 252 g/mol. The first-order chi connectivity index (χ1) is 9.63. The van der Waals surface area contributed by atoms with Gasteiger partial charge in [-0.15, -0.1) is 0 Å². The molecule has 0 aliphatic carbocycles. The zero-order valence-corrected chi connectivity index (χ0v) is 12.3. The van der Waals surface area contributed by atoms with Gasteiger partial charge < -0.3 is 0 Å². The predicted molar refractivity (Wildman–Crippen MR) is 81.6 cm³/mol. The Morgan fingerprint density at radius 1 is 1.20 bits per heavy atom. The fourth-order valence-corrected chi connectivity index (χ4v) is 1.83. The third-order valence-electron chi connectivity index (χ3n) is 3.05. The monoisotopic (exact) mass is 274 g/mol. The predicted octanol–water partition coefficient (Wildman–Crippen LogP) is 3.46. The van der Waals surface area contributed by atoms with Crippen LogP contribution in [-0.4, -0.2) is 30.0 Å². The standard InChI is InChI=1S/C16H22N2O2/c1-3-4-5-6-13-17(2)14-7-8-15-9-11-16(12-10-15)18(19)20/h9-12H,3-6,13-14H2,1-2H3. The molecule has 0 aliphatic heterocycles. The van der Waals surface area contributed by atoms with Gasteiger partial charge in [0.15, 0.2) is 0 Å². The van der Waals surface area contributed by atoms with Crippen LogP contribution in [0.25, 0.3) is 0 Å². The molecule has 4 heteroatoms. The number of nitrogens with zero attached hydrogens (tertiary/aromatic N) is 2. The summed E-state index contributed by atoms with van der Waals surface area (Å²) in [5, 5.41) is 10.5. The molecule has 1 aromatic rings. The zero-order valence-electron chi connectivity index (χ0n) is 12.3. The van der Waals surface area contributed by atoms with E-state index in [0.717, 1.165) is 18.7 Å². The molecule has 0 saturated heterocycles. The van der Waals surface area contributed by atoms with Gasteiger partial charge in [-0.1, -0.05) is 38.0 Å². The van der Waals surface area contributed by atoms with Crippen LogP contribution in [0.3, 0.4) is 0 Å². The number of benzene rings is 1. The third-order valence-corrected chi connectivity index (χ3v) is 3.05. The van der Waals surface area contributed by atoms with Crippen molar-refractivity contribution in [1.82, 2.24) is 4.90 Å². The lowest BCUT2D eigenvalue weighted by Crippen LogP contribution is -2.19. The van der Waals surface area contributed by atoms with Crippen LogP contribution in [0.2, 0.25) is 0 Å².